The van der Waals surface area contributed by atoms with Crippen molar-refractivity contribution in [3.63, 3.8) is 0 Å². The van der Waals surface area contributed by atoms with E-state index in [1.54, 1.807) is 0 Å². The van der Waals surface area contributed by atoms with Crippen molar-refractivity contribution >= 4 is 0 Å². The van der Waals surface area contributed by atoms with Crippen molar-refractivity contribution in [3.05, 3.63) is 12.3 Å². The van der Waals surface area contributed by atoms with Crippen molar-refractivity contribution in [2.75, 3.05) is 45.9 Å². The van der Waals surface area contributed by atoms with Crippen LogP contribution in [0.25, 0.3) is 0 Å². The van der Waals surface area contributed by atoms with Crippen molar-refractivity contribution in [1.29, 1.82) is 0 Å². The Balaban J connectivity index is 0.00000220. The summed E-state index contributed by atoms with van der Waals surface area (Å²) in [5, 5.41) is 14.6. The predicted molar refractivity (Wildman–Crippen MR) is 75.1 cm³/mol. The van der Waals surface area contributed by atoms with Gasteiger partial charge in [0.1, 0.15) is 5.60 Å². The maximum Gasteiger partial charge on any atom is 1.00 e. The molecule has 2 aliphatic heterocycles. The minimum absolute atomic E-state index is 0. The predicted octanol–water partition coefficient (Wildman–Crippen LogP) is -3.08. The van der Waals surface area contributed by atoms with E-state index in [9.17, 15) is 5.11 Å². The summed E-state index contributed by atoms with van der Waals surface area (Å²) in [6, 6.07) is 0. The molecule has 2 fully saturated rings. The summed E-state index contributed by atoms with van der Waals surface area (Å²) in [6.07, 6.45) is 3.30. The molecular formula is C15H26LiN2O3-. The molecular weight excluding hydrogens is 263 g/mol. The largest absolute Gasteiger partial charge is 1.00 e. The summed E-state index contributed by atoms with van der Waals surface area (Å²) in [7, 11) is 0. The zero-order chi connectivity index (χ0) is 14.4. The Kier molecular flexibility index (Phi) is 8.33. The third kappa shape index (κ3) is 5.59. The van der Waals surface area contributed by atoms with Gasteiger partial charge in [0.2, 0.25) is 0 Å². The third-order valence-electron chi connectivity index (χ3n) is 4.07. The number of ether oxygens (including phenoxy) is 2. The van der Waals surface area contributed by atoms with E-state index in [1.165, 1.54) is 19.3 Å². The second-order valence-electron chi connectivity index (χ2n) is 5.89. The van der Waals surface area contributed by atoms with Crippen LogP contribution in [-0.2, 0) is 9.47 Å². The van der Waals surface area contributed by atoms with Crippen molar-refractivity contribution in [2.24, 2.45) is 0 Å². The fourth-order valence-corrected chi connectivity index (χ4v) is 2.74. The van der Waals surface area contributed by atoms with Crippen molar-refractivity contribution in [3.8, 4) is 0 Å². The van der Waals surface area contributed by atoms with Crippen LogP contribution in [0.4, 0.5) is 0 Å². The van der Waals surface area contributed by atoms with Crippen molar-refractivity contribution in [1.82, 2.24) is 10.2 Å². The number of morpholine rings is 1. The van der Waals surface area contributed by atoms with Gasteiger partial charge in [0.05, 0.1) is 12.7 Å². The Morgan fingerprint density at radius 1 is 1.43 bits per heavy atom. The minimum atomic E-state index is -0.631. The number of hydrogen-bond donors (Lipinski definition) is 1. The summed E-state index contributed by atoms with van der Waals surface area (Å²) in [5.74, 6) is 0.322. The van der Waals surface area contributed by atoms with E-state index in [1.807, 2.05) is 6.92 Å². The maximum absolute atomic E-state index is 11.3. The van der Waals surface area contributed by atoms with Gasteiger partial charge in [0.15, 0.2) is 0 Å². The summed E-state index contributed by atoms with van der Waals surface area (Å²) >= 11 is 0. The zero-order valence-electron chi connectivity index (χ0n) is 13.4. The molecule has 0 radical (unpaired) electrons. The monoisotopic (exact) mass is 289 g/mol. The molecule has 21 heavy (non-hydrogen) atoms. The average molecular weight is 289 g/mol. The van der Waals surface area contributed by atoms with Crippen LogP contribution in [0.1, 0.15) is 26.2 Å². The van der Waals surface area contributed by atoms with E-state index in [0.29, 0.717) is 25.5 Å². The number of nitrogens with zero attached hydrogens (tertiary/aromatic N) is 1. The molecule has 116 valence electrons. The summed E-state index contributed by atoms with van der Waals surface area (Å²) in [5.41, 5.74) is -0.631. The Hall–Kier alpha value is -0.0226. The van der Waals surface area contributed by atoms with Crippen LogP contribution in [0.2, 0.25) is 0 Å². The molecule has 2 atom stereocenters. The Morgan fingerprint density at radius 2 is 2.14 bits per heavy atom. The summed E-state index contributed by atoms with van der Waals surface area (Å²) in [6.45, 7) is 12.5. The second-order valence-corrected chi connectivity index (χ2v) is 5.89. The van der Waals surface area contributed by atoms with Gasteiger partial charge in [0, 0.05) is 19.6 Å². The Bertz CT molecular complexity index is 316. The summed E-state index contributed by atoms with van der Waals surface area (Å²) in [4.78, 5) is 2.29. The number of piperidine rings is 1. The van der Waals surface area contributed by atoms with E-state index < -0.39 is 11.7 Å². The van der Waals surface area contributed by atoms with Crippen LogP contribution in [0, 0.1) is 6.58 Å². The van der Waals surface area contributed by atoms with E-state index >= 15 is 0 Å². The van der Waals surface area contributed by atoms with Crippen molar-refractivity contribution < 1.29 is 33.4 Å². The third-order valence-corrected chi connectivity index (χ3v) is 4.07. The molecule has 0 aromatic rings. The van der Waals surface area contributed by atoms with Crippen LogP contribution >= 0.6 is 0 Å². The molecule has 6 heteroatoms. The van der Waals surface area contributed by atoms with Crippen LogP contribution < -0.4 is 29.3 Å². The number of nitrogens with one attached hydrogen (secondary N) is 1. The topological polar surface area (TPSA) is 56.8 Å². The van der Waals surface area contributed by atoms with E-state index in [-0.39, 0.29) is 25.5 Å². The zero-order valence-corrected chi connectivity index (χ0v) is 13.4. The number of hydrogen-bond acceptors (Lipinski definition) is 5. The van der Waals surface area contributed by atoms with Gasteiger partial charge in [-0.3, -0.25) is 4.90 Å². The molecule has 0 aromatic heterocycles. The molecule has 0 amide bonds. The first-order chi connectivity index (χ1) is 9.64. The van der Waals surface area contributed by atoms with Gasteiger partial charge in [0.25, 0.3) is 0 Å². The first kappa shape index (κ1) is 19.0. The first-order valence-corrected chi connectivity index (χ1v) is 7.59. The molecule has 2 aliphatic rings. The number of rotatable bonds is 6. The van der Waals surface area contributed by atoms with Crippen molar-refractivity contribution in [2.45, 2.75) is 37.9 Å². The van der Waals surface area contributed by atoms with Gasteiger partial charge in [-0.25, -0.2) is 0 Å². The fraction of sp³-hybridized carbons (Fsp3) is 0.867. The van der Waals surface area contributed by atoms with Gasteiger partial charge in [-0.15, -0.1) is 6.61 Å². The standard InChI is InChI=1S/C15H26N2O3.Li/c1-13(15(2)12-16-6-9-19-15)20-14(11-18)10-17-7-4-3-5-8-17;/h1,14,16H,3-12H2,2H3;/q-2;+1. The quantitative estimate of drug-likeness (QED) is 0.319. The average Bonchev–Trinajstić information content (AvgIpc) is 2.48. The minimum Gasteiger partial charge on any atom is -0.852 e. The molecule has 5 nitrogen and oxygen atoms in total. The first-order valence-electron chi connectivity index (χ1n) is 7.59. The molecule has 2 rings (SSSR count). The van der Waals surface area contributed by atoms with Gasteiger partial charge in [-0.2, -0.15) is 0 Å². The maximum atomic E-state index is 11.3. The SMILES string of the molecule is [CH-]=C(OC(C[O-])CN1CCCCC1)C1(C)CNCCO1.[Li+]. The second kappa shape index (κ2) is 9.19. The van der Waals surface area contributed by atoms with Crippen LogP contribution in [0.3, 0.4) is 0 Å². The Labute approximate surface area is 140 Å². The Morgan fingerprint density at radius 3 is 2.71 bits per heavy atom. The van der Waals surface area contributed by atoms with E-state index in [4.69, 9.17) is 16.1 Å². The molecule has 0 bridgehead atoms. The summed E-state index contributed by atoms with van der Waals surface area (Å²) < 4.78 is 11.4. The molecule has 2 heterocycles. The van der Waals surface area contributed by atoms with Crippen LogP contribution in [-0.4, -0.2) is 62.5 Å². The van der Waals surface area contributed by atoms with Gasteiger partial charge >= 0.3 is 18.9 Å². The van der Waals surface area contributed by atoms with E-state index in [0.717, 1.165) is 19.6 Å². The smallest absolute Gasteiger partial charge is 0.852 e. The molecule has 0 saturated carbocycles. The molecule has 0 aromatic carbocycles. The molecule has 0 aliphatic carbocycles. The van der Waals surface area contributed by atoms with Gasteiger partial charge < -0.3 is 26.5 Å². The van der Waals surface area contributed by atoms with Crippen LogP contribution in [0.15, 0.2) is 5.76 Å². The normalized spacial score (nSPS) is 28.5. The molecule has 1 N–H and O–H groups in total. The van der Waals surface area contributed by atoms with Crippen LogP contribution in [0.5, 0.6) is 0 Å². The van der Waals surface area contributed by atoms with Gasteiger partial charge in [-0.05, 0) is 32.9 Å². The molecule has 2 saturated heterocycles. The van der Waals surface area contributed by atoms with Gasteiger partial charge in [-0.1, -0.05) is 12.2 Å². The fourth-order valence-electron chi connectivity index (χ4n) is 2.74. The molecule has 0 spiro atoms. The number of likely N-dealkylation sites (tertiary alicyclic amines) is 1. The van der Waals surface area contributed by atoms with E-state index in [2.05, 4.69) is 10.2 Å². The molecule has 2 unspecified atom stereocenters.